The summed E-state index contributed by atoms with van der Waals surface area (Å²) in [5, 5.41) is 3.06. The minimum atomic E-state index is -0.117. The van der Waals surface area contributed by atoms with Crippen LogP contribution in [0.15, 0.2) is 30.3 Å². The summed E-state index contributed by atoms with van der Waals surface area (Å²) in [4.78, 5) is 14.9. The van der Waals surface area contributed by atoms with Crippen molar-refractivity contribution >= 4 is 5.91 Å². The number of nitrogens with one attached hydrogen (secondary N) is 1. The first-order chi connectivity index (χ1) is 14.1. The highest BCUT2D eigenvalue weighted by atomic mass is 16.7. The standard InChI is InChI=1S/C22H26N2O5/c1-4-27-16-7-5-14(6-8-16)22(25)23-12-17-19-15(9-10-24(17)2)11-18-20(21(19)26-3)29-13-28-18/h5-8,11,17H,4,9-10,12-13H2,1-3H3,(H,23,25). The molecule has 2 aliphatic heterocycles. The van der Waals surface area contributed by atoms with Gasteiger partial charge in [0.05, 0.1) is 19.8 Å². The molecule has 0 aromatic heterocycles. The molecule has 7 nitrogen and oxygen atoms in total. The summed E-state index contributed by atoms with van der Waals surface area (Å²) in [6.45, 7) is 4.08. The Kier molecular flexibility index (Phi) is 5.49. The Morgan fingerprint density at radius 3 is 2.79 bits per heavy atom. The van der Waals surface area contributed by atoms with E-state index in [4.69, 9.17) is 18.9 Å². The second-order valence-corrected chi connectivity index (χ2v) is 7.13. The number of nitrogens with zero attached hydrogens (tertiary/aromatic N) is 1. The largest absolute Gasteiger partial charge is 0.494 e. The molecule has 2 aromatic carbocycles. The highest BCUT2D eigenvalue weighted by Gasteiger charge is 2.34. The quantitative estimate of drug-likeness (QED) is 0.807. The molecule has 2 heterocycles. The maximum Gasteiger partial charge on any atom is 0.251 e. The summed E-state index contributed by atoms with van der Waals surface area (Å²) >= 11 is 0. The minimum absolute atomic E-state index is 0.0187. The van der Waals surface area contributed by atoms with E-state index < -0.39 is 0 Å². The Balaban J connectivity index is 1.54. The first kappa shape index (κ1) is 19.4. The smallest absolute Gasteiger partial charge is 0.251 e. The van der Waals surface area contributed by atoms with Crippen LogP contribution in [0.5, 0.6) is 23.0 Å². The third-order valence-electron chi connectivity index (χ3n) is 5.43. The number of rotatable bonds is 6. The van der Waals surface area contributed by atoms with Crippen LogP contribution < -0.4 is 24.3 Å². The lowest BCUT2D eigenvalue weighted by molar-refractivity contribution is 0.0935. The van der Waals surface area contributed by atoms with E-state index in [1.54, 1.807) is 19.2 Å². The molecule has 4 rings (SSSR count). The van der Waals surface area contributed by atoms with Gasteiger partial charge in [-0.25, -0.2) is 0 Å². The Hall–Kier alpha value is -2.93. The molecule has 1 amide bonds. The lowest BCUT2D eigenvalue weighted by Crippen LogP contribution is -2.40. The average molecular weight is 398 g/mol. The van der Waals surface area contributed by atoms with E-state index in [9.17, 15) is 4.79 Å². The van der Waals surface area contributed by atoms with Crippen molar-refractivity contribution < 1.29 is 23.7 Å². The van der Waals surface area contributed by atoms with Crippen LogP contribution in [0.25, 0.3) is 0 Å². The van der Waals surface area contributed by atoms with E-state index in [-0.39, 0.29) is 18.7 Å². The fourth-order valence-electron chi connectivity index (χ4n) is 3.94. The number of carbonyl (C=O) groups excluding carboxylic acids is 1. The molecule has 1 atom stereocenters. The summed E-state index contributed by atoms with van der Waals surface area (Å²) in [7, 11) is 3.70. The fourth-order valence-corrected chi connectivity index (χ4v) is 3.94. The lowest BCUT2D eigenvalue weighted by atomic mass is 9.91. The van der Waals surface area contributed by atoms with Gasteiger partial charge in [-0.15, -0.1) is 0 Å². The second-order valence-electron chi connectivity index (χ2n) is 7.13. The van der Waals surface area contributed by atoms with Gasteiger partial charge in [0, 0.05) is 24.2 Å². The van der Waals surface area contributed by atoms with Crippen molar-refractivity contribution in [3.05, 3.63) is 47.0 Å². The minimum Gasteiger partial charge on any atom is -0.494 e. The van der Waals surface area contributed by atoms with E-state index >= 15 is 0 Å². The van der Waals surface area contributed by atoms with Crippen LogP contribution in [0.1, 0.15) is 34.5 Å². The summed E-state index contributed by atoms with van der Waals surface area (Å²) in [6, 6.07) is 9.19. The molecule has 1 unspecified atom stereocenters. The number of ether oxygens (including phenoxy) is 4. The van der Waals surface area contributed by atoms with Crippen molar-refractivity contribution in [2.75, 3.05) is 40.6 Å². The molecule has 2 aliphatic rings. The van der Waals surface area contributed by atoms with Crippen molar-refractivity contribution in [2.45, 2.75) is 19.4 Å². The maximum absolute atomic E-state index is 12.7. The number of likely N-dealkylation sites (N-methyl/N-ethyl adjacent to an activating group) is 1. The Morgan fingerprint density at radius 2 is 2.07 bits per heavy atom. The molecule has 0 bridgehead atoms. The zero-order valence-corrected chi connectivity index (χ0v) is 17.0. The topological polar surface area (TPSA) is 69.3 Å². The van der Waals surface area contributed by atoms with Crippen molar-refractivity contribution in [2.24, 2.45) is 0 Å². The van der Waals surface area contributed by atoms with Crippen molar-refractivity contribution in [3.8, 4) is 23.0 Å². The third-order valence-corrected chi connectivity index (χ3v) is 5.43. The summed E-state index contributed by atoms with van der Waals surface area (Å²) < 4.78 is 22.3. The highest BCUT2D eigenvalue weighted by Crippen LogP contribution is 2.49. The maximum atomic E-state index is 12.7. The van der Waals surface area contributed by atoms with Gasteiger partial charge in [0.15, 0.2) is 11.5 Å². The Labute approximate surface area is 170 Å². The molecular formula is C22H26N2O5. The van der Waals surface area contributed by atoms with Gasteiger partial charge in [0.1, 0.15) is 5.75 Å². The zero-order chi connectivity index (χ0) is 20.4. The number of carbonyl (C=O) groups is 1. The highest BCUT2D eigenvalue weighted by molar-refractivity contribution is 5.94. The first-order valence-corrected chi connectivity index (χ1v) is 9.83. The van der Waals surface area contributed by atoms with Crippen LogP contribution in [0, 0.1) is 0 Å². The number of methoxy groups -OCH3 is 1. The number of hydrogen-bond acceptors (Lipinski definition) is 6. The Morgan fingerprint density at radius 1 is 1.28 bits per heavy atom. The van der Waals surface area contributed by atoms with E-state index in [2.05, 4.69) is 17.3 Å². The zero-order valence-electron chi connectivity index (χ0n) is 17.0. The van der Waals surface area contributed by atoms with Gasteiger partial charge in [-0.1, -0.05) is 0 Å². The molecule has 1 N–H and O–H groups in total. The monoisotopic (exact) mass is 398 g/mol. The predicted octanol–water partition coefficient (Wildman–Crippen LogP) is 2.78. The number of fused-ring (bicyclic) bond motifs is 2. The van der Waals surface area contributed by atoms with Gasteiger partial charge in [-0.3, -0.25) is 9.69 Å². The number of benzene rings is 2. The van der Waals surface area contributed by atoms with Crippen molar-refractivity contribution in [3.63, 3.8) is 0 Å². The average Bonchev–Trinajstić information content (AvgIpc) is 3.20. The van der Waals surface area contributed by atoms with Crippen LogP contribution >= 0.6 is 0 Å². The number of amides is 1. The normalized spacial score (nSPS) is 17.6. The molecule has 0 fully saturated rings. The molecule has 7 heteroatoms. The number of hydrogen-bond donors (Lipinski definition) is 1. The van der Waals surface area contributed by atoms with Crippen molar-refractivity contribution in [1.82, 2.24) is 10.2 Å². The lowest BCUT2D eigenvalue weighted by Gasteiger charge is -2.36. The van der Waals surface area contributed by atoms with E-state index in [1.165, 1.54) is 5.56 Å². The predicted molar refractivity (Wildman–Crippen MR) is 108 cm³/mol. The van der Waals surface area contributed by atoms with Crippen LogP contribution in [0.3, 0.4) is 0 Å². The molecule has 154 valence electrons. The van der Waals surface area contributed by atoms with E-state index in [0.29, 0.717) is 30.2 Å². The molecule has 2 aromatic rings. The molecule has 0 saturated carbocycles. The molecule has 0 radical (unpaired) electrons. The first-order valence-electron chi connectivity index (χ1n) is 9.83. The van der Waals surface area contributed by atoms with Crippen LogP contribution in [0.4, 0.5) is 0 Å². The molecule has 29 heavy (non-hydrogen) atoms. The summed E-state index contributed by atoms with van der Waals surface area (Å²) in [6.07, 6.45) is 0.891. The molecule has 0 spiro atoms. The third kappa shape index (κ3) is 3.70. The SMILES string of the molecule is CCOc1ccc(C(=O)NCC2c3c(cc4c(c3OC)OCO4)CCN2C)cc1. The van der Waals surface area contributed by atoms with E-state index in [0.717, 1.165) is 30.0 Å². The van der Waals surface area contributed by atoms with Gasteiger partial charge >= 0.3 is 0 Å². The Bertz CT molecular complexity index is 897. The fraction of sp³-hybridized carbons (Fsp3) is 0.409. The van der Waals surface area contributed by atoms with Crippen LogP contribution in [-0.2, 0) is 6.42 Å². The van der Waals surface area contributed by atoms with Gasteiger partial charge < -0.3 is 24.3 Å². The van der Waals surface area contributed by atoms with Gasteiger partial charge in [-0.05, 0) is 56.3 Å². The summed E-state index contributed by atoms with van der Waals surface area (Å²) in [5.41, 5.74) is 2.83. The summed E-state index contributed by atoms with van der Waals surface area (Å²) in [5.74, 6) is 2.70. The van der Waals surface area contributed by atoms with Gasteiger partial charge in [0.25, 0.3) is 5.91 Å². The molecule has 0 aliphatic carbocycles. The van der Waals surface area contributed by atoms with E-state index in [1.807, 2.05) is 25.1 Å². The van der Waals surface area contributed by atoms with Gasteiger partial charge in [0.2, 0.25) is 12.5 Å². The van der Waals surface area contributed by atoms with Crippen molar-refractivity contribution in [1.29, 1.82) is 0 Å². The second kappa shape index (κ2) is 8.21. The van der Waals surface area contributed by atoms with Crippen LogP contribution in [0.2, 0.25) is 0 Å². The molecular weight excluding hydrogens is 372 g/mol. The molecule has 0 saturated heterocycles. The van der Waals surface area contributed by atoms with Gasteiger partial charge in [-0.2, -0.15) is 0 Å². The van der Waals surface area contributed by atoms with Crippen LogP contribution in [-0.4, -0.2) is 51.5 Å².